The Bertz CT molecular complexity index is 1400. The van der Waals surface area contributed by atoms with Gasteiger partial charge in [-0.25, -0.2) is 22.5 Å². The molecular weight excluding hydrogens is 469 g/mol. The largest absolute Gasteiger partial charge is 0.395 e. The number of halogens is 1. The molecule has 0 spiro atoms. The number of anilines is 1. The average molecular weight is 496 g/mol. The Morgan fingerprint density at radius 1 is 1.06 bits per heavy atom. The Balaban J connectivity index is 1.28. The van der Waals surface area contributed by atoms with E-state index in [-0.39, 0.29) is 23.9 Å². The molecule has 1 atom stereocenters. The van der Waals surface area contributed by atoms with Crippen LogP contribution < -0.4 is 4.90 Å². The molecule has 3 aromatic rings. The first-order chi connectivity index (χ1) is 16.9. The molecular formula is C25H26FN5O3S. The molecule has 10 heteroatoms. The summed E-state index contributed by atoms with van der Waals surface area (Å²) in [5, 5.41) is 15.0. The molecule has 8 nitrogen and oxygen atoms in total. The van der Waals surface area contributed by atoms with E-state index in [1.807, 2.05) is 6.08 Å². The van der Waals surface area contributed by atoms with Gasteiger partial charge in [0.2, 0.25) is 10.0 Å². The lowest BCUT2D eigenvalue weighted by molar-refractivity contribution is 0.111. The van der Waals surface area contributed by atoms with Gasteiger partial charge in [0.05, 0.1) is 24.2 Å². The number of rotatable bonds is 5. The monoisotopic (exact) mass is 495 g/mol. The van der Waals surface area contributed by atoms with E-state index in [1.54, 1.807) is 35.1 Å². The lowest BCUT2D eigenvalue weighted by Crippen LogP contribution is -2.51. The van der Waals surface area contributed by atoms with Crippen LogP contribution in [0.2, 0.25) is 0 Å². The van der Waals surface area contributed by atoms with Crippen molar-refractivity contribution in [2.24, 2.45) is 5.41 Å². The highest BCUT2D eigenvalue weighted by molar-refractivity contribution is 7.89. The predicted molar refractivity (Wildman–Crippen MR) is 129 cm³/mol. The van der Waals surface area contributed by atoms with E-state index in [0.29, 0.717) is 19.4 Å². The van der Waals surface area contributed by atoms with Crippen molar-refractivity contribution >= 4 is 21.9 Å². The summed E-state index contributed by atoms with van der Waals surface area (Å²) in [4.78, 5) is 6.65. The van der Waals surface area contributed by atoms with Gasteiger partial charge in [-0.1, -0.05) is 5.57 Å². The quantitative estimate of drug-likeness (QED) is 0.585. The van der Waals surface area contributed by atoms with Gasteiger partial charge in [-0.15, -0.1) is 0 Å². The Hall–Kier alpha value is -3.08. The molecule has 35 heavy (non-hydrogen) atoms. The summed E-state index contributed by atoms with van der Waals surface area (Å²) in [6, 6.07) is 9.52. The van der Waals surface area contributed by atoms with Crippen molar-refractivity contribution in [1.82, 2.24) is 19.1 Å². The second kappa shape index (κ2) is 8.25. The third-order valence-corrected chi connectivity index (χ3v) is 9.26. The van der Waals surface area contributed by atoms with Crippen molar-refractivity contribution in [2.45, 2.75) is 24.2 Å². The van der Waals surface area contributed by atoms with Gasteiger partial charge in [0, 0.05) is 37.8 Å². The number of aliphatic hydroxyl groups is 1. The van der Waals surface area contributed by atoms with E-state index in [0.717, 1.165) is 47.8 Å². The summed E-state index contributed by atoms with van der Waals surface area (Å²) in [6.45, 7) is 2.23. The first-order valence-corrected chi connectivity index (χ1v) is 13.2. The topological polar surface area (TPSA) is 91.6 Å². The van der Waals surface area contributed by atoms with Crippen molar-refractivity contribution in [3.05, 3.63) is 71.4 Å². The fraction of sp³-hybridized carbons (Fsp3) is 0.360. The Kier molecular flexibility index (Phi) is 5.28. The van der Waals surface area contributed by atoms with Crippen LogP contribution in [0.15, 0.2) is 59.3 Å². The molecule has 6 rings (SSSR count). The Labute approximate surface area is 203 Å². The van der Waals surface area contributed by atoms with Crippen LogP contribution in [-0.4, -0.2) is 65.4 Å². The molecule has 4 heterocycles. The summed E-state index contributed by atoms with van der Waals surface area (Å²) in [6.07, 6.45) is 7.30. The summed E-state index contributed by atoms with van der Waals surface area (Å²) in [7, 11) is -3.75. The molecule has 3 aliphatic rings. The molecule has 1 N–H and O–H groups in total. The number of piperidine rings is 1. The number of hydrogen-bond donors (Lipinski definition) is 1. The molecule has 0 unspecified atom stereocenters. The highest BCUT2D eigenvalue weighted by atomic mass is 32.2. The van der Waals surface area contributed by atoms with Gasteiger partial charge in [-0.2, -0.15) is 9.40 Å². The minimum absolute atomic E-state index is 0.168. The van der Waals surface area contributed by atoms with Gasteiger partial charge < -0.3 is 10.0 Å². The van der Waals surface area contributed by atoms with Crippen molar-refractivity contribution in [2.75, 3.05) is 37.7 Å². The first-order valence-electron chi connectivity index (χ1n) is 11.8. The van der Waals surface area contributed by atoms with Crippen LogP contribution in [0.5, 0.6) is 0 Å². The SMILES string of the molecule is O=S(=O)(c1ccc(N2CCC2)nc1)N1CCC2=Cc3c(cnn3-c3ccc(F)cc3)C[C@]2(CO)C1. The molecule has 2 saturated heterocycles. The molecule has 0 saturated carbocycles. The summed E-state index contributed by atoms with van der Waals surface area (Å²) in [5.41, 5.74) is 2.86. The molecule has 2 fully saturated rings. The number of pyridine rings is 1. The molecule has 2 aliphatic heterocycles. The van der Waals surface area contributed by atoms with E-state index < -0.39 is 15.4 Å². The number of sulfonamides is 1. The van der Waals surface area contributed by atoms with E-state index >= 15 is 0 Å². The maximum absolute atomic E-state index is 13.5. The number of benzene rings is 1. The molecule has 1 aliphatic carbocycles. The van der Waals surface area contributed by atoms with Gasteiger partial charge in [0.1, 0.15) is 16.5 Å². The zero-order chi connectivity index (χ0) is 24.2. The predicted octanol–water partition coefficient (Wildman–Crippen LogP) is 2.63. The molecule has 0 amide bonds. The smallest absolute Gasteiger partial charge is 0.244 e. The van der Waals surface area contributed by atoms with E-state index in [2.05, 4.69) is 15.0 Å². The second-order valence-electron chi connectivity index (χ2n) is 9.51. The third kappa shape index (κ3) is 3.67. The standard InChI is InChI=1S/C25H26FN5O3S/c26-20-2-4-21(5-3-20)31-23-12-19-8-11-30(16-25(19,17-32)13-18(23)14-28-31)35(33,34)22-6-7-24(27-15-22)29-9-1-10-29/h2-7,12,14-15,32H,1,8-11,13,16-17H2/t25-/m1/s1. The summed E-state index contributed by atoms with van der Waals surface area (Å²) in [5.74, 6) is 0.482. The molecule has 2 aromatic heterocycles. The summed E-state index contributed by atoms with van der Waals surface area (Å²) >= 11 is 0. The van der Waals surface area contributed by atoms with Crippen LogP contribution in [0.3, 0.4) is 0 Å². The molecule has 0 bridgehead atoms. The lowest BCUT2D eigenvalue weighted by Gasteiger charge is -2.45. The zero-order valence-corrected chi connectivity index (χ0v) is 20.0. The normalized spacial score (nSPS) is 22.2. The highest BCUT2D eigenvalue weighted by Gasteiger charge is 2.45. The van der Waals surface area contributed by atoms with Crippen molar-refractivity contribution in [1.29, 1.82) is 0 Å². The minimum atomic E-state index is -3.75. The van der Waals surface area contributed by atoms with Gasteiger partial charge in [0.15, 0.2) is 0 Å². The van der Waals surface area contributed by atoms with Crippen LogP contribution in [0.25, 0.3) is 11.8 Å². The van der Waals surface area contributed by atoms with Crippen LogP contribution in [-0.2, 0) is 16.4 Å². The Morgan fingerprint density at radius 3 is 2.51 bits per heavy atom. The number of nitrogens with zero attached hydrogens (tertiary/aromatic N) is 5. The fourth-order valence-corrected chi connectivity index (χ4v) is 6.71. The van der Waals surface area contributed by atoms with E-state index in [4.69, 9.17) is 0 Å². The fourth-order valence-electron chi connectivity index (χ4n) is 5.24. The van der Waals surface area contributed by atoms with Crippen LogP contribution in [0.1, 0.15) is 24.1 Å². The Morgan fingerprint density at radius 2 is 1.86 bits per heavy atom. The van der Waals surface area contributed by atoms with Crippen molar-refractivity contribution < 1.29 is 17.9 Å². The number of hydrogen-bond acceptors (Lipinski definition) is 6. The minimum Gasteiger partial charge on any atom is -0.395 e. The number of fused-ring (bicyclic) bond motifs is 2. The van der Waals surface area contributed by atoms with Gasteiger partial charge in [-0.05, 0) is 67.3 Å². The van der Waals surface area contributed by atoms with Crippen LogP contribution >= 0.6 is 0 Å². The van der Waals surface area contributed by atoms with Crippen LogP contribution in [0.4, 0.5) is 10.2 Å². The van der Waals surface area contributed by atoms with E-state index in [9.17, 15) is 17.9 Å². The second-order valence-corrected chi connectivity index (χ2v) is 11.4. The lowest BCUT2D eigenvalue weighted by atomic mass is 9.69. The van der Waals surface area contributed by atoms with E-state index in [1.165, 1.54) is 22.6 Å². The van der Waals surface area contributed by atoms with Crippen LogP contribution in [0, 0.1) is 11.2 Å². The van der Waals surface area contributed by atoms with Crippen molar-refractivity contribution in [3.63, 3.8) is 0 Å². The third-order valence-electron chi connectivity index (χ3n) is 7.43. The molecule has 1 aromatic carbocycles. The zero-order valence-electron chi connectivity index (χ0n) is 19.1. The first kappa shape index (κ1) is 22.4. The maximum atomic E-state index is 13.5. The average Bonchev–Trinajstić information content (AvgIpc) is 3.24. The number of aromatic nitrogens is 3. The molecule has 182 valence electrons. The summed E-state index contributed by atoms with van der Waals surface area (Å²) < 4.78 is 43.6. The number of aliphatic hydroxyl groups excluding tert-OH is 1. The van der Waals surface area contributed by atoms with Gasteiger partial charge in [-0.3, -0.25) is 0 Å². The molecule has 0 radical (unpaired) electrons. The van der Waals surface area contributed by atoms with Gasteiger partial charge in [0.25, 0.3) is 0 Å². The highest BCUT2D eigenvalue weighted by Crippen LogP contribution is 2.45. The maximum Gasteiger partial charge on any atom is 0.244 e. The van der Waals surface area contributed by atoms with Crippen molar-refractivity contribution in [3.8, 4) is 5.69 Å². The van der Waals surface area contributed by atoms with Gasteiger partial charge >= 0.3 is 0 Å².